The van der Waals surface area contributed by atoms with Crippen LogP contribution in [0.1, 0.15) is 44.6 Å². The number of hydrogen-bond acceptors (Lipinski definition) is 1. The van der Waals surface area contributed by atoms with Gasteiger partial charge in [-0.15, -0.1) is 11.6 Å². The summed E-state index contributed by atoms with van der Waals surface area (Å²) in [5.74, 6) is 2.26. The van der Waals surface area contributed by atoms with Gasteiger partial charge in [-0.2, -0.15) is 0 Å². The molecule has 2 heteroatoms. The van der Waals surface area contributed by atoms with Crippen LogP contribution >= 0.6 is 11.6 Å². The summed E-state index contributed by atoms with van der Waals surface area (Å²) in [7, 11) is 0. The summed E-state index contributed by atoms with van der Waals surface area (Å²) in [6.07, 6.45) is 8.87. The Morgan fingerprint density at radius 3 is 2.68 bits per heavy atom. The van der Waals surface area contributed by atoms with Gasteiger partial charge in [-0.3, -0.25) is 0 Å². The number of hydrogen-bond donors (Lipinski definition) is 0. The van der Waals surface area contributed by atoms with Gasteiger partial charge in [0, 0.05) is 11.4 Å². The summed E-state index contributed by atoms with van der Waals surface area (Å²) in [4.78, 5) is 0. The Labute approximate surface area is 121 Å². The van der Waals surface area contributed by atoms with Crippen molar-refractivity contribution in [3.63, 3.8) is 0 Å². The van der Waals surface area contributed by atoms with Crippen LogP contribution in [-0.4, -0.2) is 12.5 Å². The highest BCUT2D eigenvalue weighted by atomic mass is 35.5. The van der Waals surface area contributed by atoms with E-state index in [1.807, 2.05) is 19.1 Å². The average Bonchev–Trinajstić information content (AvgIpc) is 2.47. The number of para-hydroxylation sites is 1. The molecule has 0 unspecified atom stereocenters. The fraction of sp³-hybridized carbons (Fsp3) is 0.529. The van der Waals surface area contributed by atoms with E-state index in [2.05, 4.69) is 18.2 Å². The van der Waals surface area contributed by atoms with Gasteiger partial charge in [0.25, 0.3) is 0 Å². The van der Waals surface area contributed by atoms with Crippen molar-refractivity contribution in [3.05, 3.63) is 35.4 Å². The van der Waals surface area contributed by atoms with Gasteiger partial charge in [0.1, 0.15) is 5.75 Å². The van der Waals surface area contributed by atoms with Crippen molar-refractivity contribution in [2.24, 2.45) is 5.92 Å². The van der Waals surface area contributed by atoms with Gasteiger partial charge in [0.05, 0.1) is 6.61 Å². The first-order chi connectivity index (χ1) is 9.35. The first-order valence-corrected chi connectivity index (χ1v) is 7.87. The zero-order valence-electron chi connectivity index (χ0n) is 11.7. The summed E-state index contributed by atoms with van der Waals surface area (Å²) in [6.45, 7) is 2.72. The Kier molecular flexibility index (Phi) is 5.78. The Morgan fingerprint density at radius 2 is 2.00 bits per heavy atom. The maximum atomic E-state index is 6.17. The Bertz CT molecular complexity index is 419. The Morgan fingerprint density at radius 1 is 1.26 bits per heavy atom. The smallest absolute Gasteiger partial charge is 0.126 e. The Balaban J connectivity index is 2.21. The highest BCUT2D eigenvalue weighted by Crippen LogP contribution is 2.32. The molecule has 2 rings (SSSR count). The summed E-state index contributed by atoms with van der Waals surface area (Å²) < 4.78 is 5.68. The van der Waals surface area contributed by atoms with Gasteiger partial charge < -0.3 is 4.74 Å². The van der Waals surface area contributed by atoms with E-state index in [1.54, 1.807) is 0 Å². The van der Waals surface area contributed by atoms with Crippen molar-refractivity contribution >= 4 is 17.7 Å². The van der Waals surface area contributed by atoms with E-state index in [4.69, 9.17) is 16.3 Å². The minimum absolute atomic E-state index is 0.630. The van der Waals surface area contributed by atoms with Crippen molar-refractivity contribution < 1.29 is 4.74 Å². The molecule has 1 aliphatic rings. The summed E-state index contributed by atoms with van der Waals surface area (Å²) in [6, 6.07) is 8.22. The summed E-state index contributed by atoms with van der Waals surface area (Å²) >= 11 is 6.17. The average molecular weight is 279 g/mol. The van der Waals surface area contributed by atoms with E-state index in [-0.39, 0.29) is 0 Å². The molecule has 0 heterocycles. The fourth-order valence-electron chi connectivity index (χ4n) is 2.83. The lowest BCUT2D eigenvalue weighted by atomic mass is 9.83. The number of alkyl halides is 1. The minimum Gasteiger partial charge on any atom is -0.493 e. The molecular weight excluding hydrogens is 256 g/mol. The summed E-state index contributed by atoms with van der Waals surface area (Å²) in [5, 5.41) is 0. The molecule has 1 fully saturated rings. The fourth-order valence-corrected chi connectivity index (χ4v) is 3.12. The molecule has 19 heavy (non-hydrogen) atoms. The van der Waals surface area contributed by atoms with Crippen LogP contribution in [0.4, 0.5) is 0 Å². The van der Waals surface area contributed by atoms with Crippen LogP contribution < -0.4 is 4.74 Å². The molecule has 1 aliphatic carbocycles. The molecule has 0 atom stereocenters. The molecular formula is C17H23ClO. The van der Waals surface area contributed by atoms with Crippen LogP contribution in [0.15, 0.2) is 29.8 Å². The van der Waals surface area contributed by atoms with Gasteiger partial charge in [0.2, 0.25) is 0 Å². The van der Waals surface area contributed by atoms with E-state index >= 15 is 0 Å². The predicted molar refractivity (Wildman–Crippen MR) is 82.9 cm³/mol. The topological polar surface area (TPSA) is 9.23 Å². The highest BCUT2D eigenvalue weighted by Gasteiger charge is 2.17. The van der Waals surface area contributed by atoms with Crippen LogP contribution in [0.5, 0.6) is 5.75 Å². The van der Waals surface area contributed by atoms with Gasteiger partial charge in [0.15, 0.2) is 0 Å². The standard InChI is InChI=1S/C17H23ClO/c1-2-19-17-11-7-6-10-15(17)12-16(13-18)14-8-4-3-5-9-14/h6-7,10-12,14H,2-5,8-9,13H2,1H3. The third-order valence-corrected chi connectivity index (χ3v) is 4.15. The maximum Gasteiger partial charge on any atom is 0.126 e. The number of halogens is 1. The molecule has 0 N–H and O–H groups in total. The number of allylic oxidation sites excluding steroid dienone is 1. The molecule has 104 valence electrons. The lowest BCUT2D eigenvalue weighted by molar-refractivity contribution is 0.339. The second-order valence-electron chi connectivity index (χ2n) is 5.16. The van der Waals surface area contributed by atoms with Gasteiger partial charge in [-0.1, -0.05) is 49.1 Å². The third-order valence-electron chi connectivity index (χ3n) is 3.84. The number of ether oxygens (including phenoxy) is 1. The second-order valence-corrected chi connectivity index (χ2v) is 5.43. The lowest BCUT2D eigenvalue weighted by Gasteiger charge is -2.23. The van der Waals surface area contributed by atoms with Crippen LogP contribution in [0.3, 0.4) is 0 Å². The molecule has 0 aliphatic heterocycles. The highest BCUT2D eigenvalue weighted by molar-refractivity contribution is 6.19. The molecule has 1 nitrogen and oxygen atoms in total. The van der Waals surface area contributed by atoms with E-state index in [0.717, 1.165) is 11.3 Å². The largest absolute Gasteiger partial charge is 0.493 e. The SMILES string of the molecule is CCOc1ccccc1C=C(CCl)C1CCCCC1. The van der Waals surface area contributed by atoms with E-state index in [9.17, 15) is 0 Å². The van der Waals surface area contributed by atoms with Gasteiger partial charge in [-0.05, 0) is 31.7 Å². The zero-order chi connectivity index (χ0) is 13.5. The van der Waals surface area contributed by atoms with Crippen LogP contribution in [0.2, 0.25) is 0 Å². The van der Waals surface area contributed by atoms with Crippen molar-refractivity contribution in [3.8, 4) is 5.75 Å². The molecule has 0 aromatic heterocycles. The van der Waals surface area contributed by atoms with Gasteiger partial charge in [-0.25, -0.2) is 0 Å². The maximum absolute atomic E-state index is 6.17. The van der Waals surface area contributed by atoms with Crippen LogP contribution in [0.25, 0.3) is 6.08 Å². The monoisotopic (exact) mass is 278 g/mol. The third kappa shape index (κ3) is 4.01. The first-order valence-electron chi connectivity index (χ1n) is 7.33. The molecule has 0 spiro atoms. The normalized spacial score (nSPS) is 17.5. The van der Waals surface area contributed by atoms with Crippen LogP contribution in [0, 0.1) is 5.92 Å². The Hall–Kier alpha value is -0.950. The second kappa shape index (κ2) is 7.59. The molecule has 0 saturated heterocycles. The quantitative estimate of drug-likeness (QED) is 0.665. The predicted octanol–water partition coefficient (Wildman–Crippen LogP) is 5.29. The first kappa shape index (κ1) is 14.5. The molecule has 0 bridgehead atoms. The lowest BCUT2D eigenvalue weighted by Crippen LogP contribution is -2.10. The molecule has 0 amide bonds. The minimum atomic E-state index is 0.630. The molecule has 0 radical (unpaired) electrons. The van der Waals surface area contributed by atoms with Gasteiger partial charge >= 0.3 is 0 Å². The summed E-state index contributed by atoms with van der Waals surface area (Å²) in [5.41, 5.74) is 2.53. The van der Waals surface area contributed by atoms with Crippen LogP contribution in [-0.2, 0) is 0 Å². The van der Waals surface area contributed by atoms with E-state index < -0.39 is 0 Å². The van der Waals surface area contributed by atoms with E-state index in [0.29, 0.717) is 18.4 Å². The number of rotatable bonds is 5. The molecule has 1 saturated carbocycles. The molecule has 1 aromatic carbocycles. The van der Waals surface area contributed by atoms with Crippen molar-refractivity contribution in [2.75, 3.05) is 12.5 Å². The molecule has 1 aromatic rings. The van der Waals surface area contributed by atoms with E-state index in [1.165, 1.54) is 37.7 Å². The van der Waals surface area contributed by atoms with Crippen molar-refractivity contribution in [1.82, 2.24) is 0 Å². The number of benzene rings is 1. The van der Waals surface area contributed by atoms with Crippen molar-refractivity contribution in [2.45, 2.75) is 39.0 Å². The van der Waals surface area contributed by atoms with Crippen molar-refractivity contribution in [1.29, 1.82) is 0 Å². The zero-order valence-corrected chi connectivity index (χ0v) is 12.5.